The fraction of sp³-hybridized carbons (Fsp3) is 0.0690. The van der Waals surface area contributed by atoms with Crippen LogP contribution in [0.5, 0.6) is 0 Å². The topological polar surface area (TPSA) is 22.8 Å². The van der Waals surface area contributed by atoms with Crippen molar-refractivity contribution in [2.45, 2.75) is 13.1 Å². The van der Waals surface area contributed by atoms with E-state index in [0.29, 0.717) is 23.0 Å². The van der Waals surface area contributed by atoms with Crippen molar-refractivity contribution in [3.05, 3.63) is 200 Å². The van der Waals surface area contributed by atoms with Crippen molar-refractivity contribution in [3.63, 3.8) is 0 Å². The summed E-state index contributed by atoms with van der Waals surface area (Å²) in [5.74, 6) is 0.619. The molecule has 0 spiro atoms. The molecule has 0 saturated carbocycles. The predicted molar refractivity (Wildman–Crippen MR) is 278 cm³/mol. The maximum absolute atomic E-state index is 15.2. The van der Waals surface area contributed by atoms with E-state index in [1.54, 1.807) is 0 Å². The number of nitrogens with zero attached hydrogens (tertiary/aromatic N) is 6. The summed E-state index contributed by atoms with van der Waals surface area (Å²) in [5.41, 5.74) is 11.1. The van der Waals surface area contributed by atoms with Crippen LogP contribution >= 0.6 is 0 Å². The van der Waals surface area contributed by atoms with E-state index < -0.39 is 19.8 Å². The van der Waals surface area contributed by atoms with E-state index in [2.05, 4.69) is 113 Å². The highest BCUT2D eigenvalue weighted by Crippen LogP contribution is 2.48. The maximum Gasteiger partial charge on any atom is 0.316 e. The SMILES string of the molecule is CN(c1cc2c(N(c3ccccc3)c3ccc4ccccc4c3)ccc3c2n1-c1cccc2c1B3c1ccc(N(c3ccccc3)c3cccc4ccccc34)c3cc(N(C)C(F)F)n-2c13)C(F)F. The van der Waals surface area contributed by atoms with Gasteiger partial charge in [-0.2, -0.15) is 17.6 Å². The Hall–Kier alpha value is -8.44. The number of aromatic nitrogens is 2. The van der Waals surface area contributed by atoms with Gasteiger partial charge in [0.1, 0.15) is 11.6 Å². The van der Waals surface area contributed by atoms with Gasteiger partial charge in [-0.25, -0.2) is 0 Å². The summed E-state index contributed by atoms with van der Waals surface area (Å²) in [6.45, 7) is -6.02. The zero-order chi connectivity index (χ0) is 46.7. The van der Waals surface area contributed by atoms with Crippen molar-refractivity contribution in [3.8, 4) is 11.4 Å². The van der Waals surface area contributed by atoms with E-state index in [1.807, 2.05) is 106 Å². The average Bonchev–Trinajstić information content (AvgIpc) is 3.99. The minimum absolute atomic E-state index is 0.309. The van der Waals surface area contributed by atoms with Crippen molar-refractivity contribution in [2.24, 2.45) is 0 Å². The lowest BCUT2D eigenvalue weighted by atomic mass is 9.34. The molecule has 69 heavy (non-hydrogen) atoms. The molecule has 0 saturated heterocycles. The van der Waals surface area contributed by atoms with Gasteiger partial charge in [0.15, 0.2) is 0 Å². The van der Waals surface area contributed by atoms with Gasteiger partial charge in [0, 0.05) is 58.7 Å². The third-order valence-corrected chi connectivity index (χ3v) is 14.2. The molecule has 4 heterocycles. The van der Waals surface area contributed by atoms with Crippen LogP contribution in [0.2, 0.25) is 0 Å². The van der Waals surface area contributed by atoms with Gasteiger partial charge in [0.05, 0.1) is 28.1 Å². The van der Waals surface area contributed by atoms with Crippen molar-refractivity contribution >= 4 is 112 Å². The molecular weight excluding hydrogens is 867 g/mol. The molecule has 0 aliphatic carbocycles. The Balaban J connectivity index is 1.11. The van der Waals surface area contributed by atoms with Crippen molar-refractivity contribution in [1.82, 2.24) is 9.13 Å². The molecule has 11 heteroatoms. The van der Waals surface area contributed by atoms with Gasteiger partial charge in [0.2, 0.25) is 0 Å². The number of fused-ring (bicyclic) bond motifs is 6. The number of alkyl halides is 4. The van der Waals surface area contributed by atoms with Crippen LogP contribution in [0.1, 0.15) is 0 Å². The van der Waals surface area contributed by atoms with Crippen LogP contribution in [0.15, 0.2) is 200 Å². The summed E-state index contributed by atoms with van der Waals surface area (Å²) < 4.78 is 64.7. The minimum atomic E-state index is -2.82. The quantitative estimate of drug-likeness (QED) is 0.0775. The molecule has 13 rings (SSSR count). The van der Waals surface area contributed by atoms with E-state index in [1.165, 1.54) is 14.1 Å². The number of benzene rings is 9. The highest BCUT2D eigenvalue weighted by Gasteiger charge is 2.43. The van der Waals surface area contributed by atoms with E-state index in [4.69, 9.17) is 0 Å². The number of para-hydroxylation sites is 2. The van der Waals surface area contributed by atoms with Crippen LogP contribution < -0.4 is 36.0 Å². The first kappa shape index (κ1) is 40.8. The average molecular weight is 909 g/mol. The van der Waals surface area contributed by atoms with E-state index in [0.717, 1.165) is 104 Å². The Morgan fingerprint density at radius 2 is 0.870 bits per heavy atom. The molecule has 0 N–H and O–H groups in total. The Labute approximate surface area is 395 Å². The van der Waals surface area contributed by atoms with E-state index in [9.17, 15) is 0 Å². The molecule has 6 nitrogen and oxygen atoms in total. The van der Waals surface area contributed by atoms with Gasteiger partial charge >= 0.3 is 13.1 Å². The third-order valence-electron chi connectivity index (χ3n) is 14.2. The second kappa shape index (κ2) is 15.6. The van der Waals surface area contributed by atoms with Crippen molar-refractivity contribution in [2.75, 3.05) is 33.7 Å². The fourth-order valence-electron chi connectivity index (χ4n) is 11.1. The number of halogens is 4. The van der Waals surface area contributed by atoms with Gasteiger partial charge in [0.25, 0.3) is 6.71 Å². The zero-order valence-corrected chi connectivity index (χ0v) is 37.5. The lowest BCUT2D eigenvalue weighted by Crippen LogP contribution is -2.59. The van der Waals surface area contributed by atoms with Gasteiger partial charge in [-0.1, -0.05) is 121 Å². The molecule has 334 valence electrons. The highest BCUT2D eigenvalue weighted by molar-refractivity contribution is 7.00. The Bertz CT molecular complexity index is 3830. The molecule has 0 bridgehead atoms. The number of hydrogen-bond acceptors (Lipinski definition) is 4. The van der Waals surface area contributed by atoms with Gasteiger partial charge in [-0.15, -0.1) is 0 Å². The molecule has 2 aliphatic rings. The first-order valence-electron chi connectivity index (χ1n) is 23.0. The molecule has 2 aliphatic heterocycles. The predicted octanol–water partition coefficient (Wildman–Crippen LogP) is 13.3. The first-order valence-corrected chi connectivity index (χ1v) is 23.0. The Kier molecular flexibility index (Phi) is 9.21. The minimum Gasteiger partial charge on any atom is -0.310 e. The van der Waals surface area contributed by atoms with Crippen molar-refractivity contribution < 1.29 is 17.6 Å². The molecule has 9 aromatic carbocycles. The van der Waals surface area contributed by atoms with Crippen LogP contribution in [0.25, 0.3) is 54.7 Å². The van der Waals surface area contributed by atoms with E-state index >= 15 is 17.6 Å². The molecule has 0 amide bonds. The maximum atomic E-state index is 15.2. The van der Waals surface area contributed by atoms with Crippen LogP contribution in [0.4, 0.5) is 63.3 Å². The first-order chi connectivity index (χ1) is 33.8. The Morgan fingerprint density at radius 1 is 0.391 bits per heavy atom. The number of rotatable bonds is 10. The summed E-state index contributed by atoms with van der Waals surface area (Å²) in [7, 11) is 2.83. The zero-order valence-electron chi connectivity index (χ0n) is 37.5. The lowest BCUT2D eigenvalue weighted by molar-refractivity contribution is 0.147. The second-order valence-corrected chi connectivity index (χ2v) is 17.8. The molecule has 0 unspecified atom stereocenters. The molecule has 0 fully saturated rings. The smallest absolute Gasteiger partial charge is 0.310 e. The summed E-state index contributed by atoms with van der Waals surface area (Å²) >= 11 is 0. The molecule has 2 aromatic heterocycles. The van der Waals surface area contributed by atoms with Gasteiger partial charge in [-0.05, 0) is 111 Å². The monoisotopic (exact) mass is 908 g/mol. The van der Waals surface area contributed by atoms with Gasteiger partial charge in [-0.3, -0.25) is 9.13 Å². The standard InChI is InChI=1S/C58H41BF4N6/c1-64(57(60)61)52-34-43-48(66(39-19-5-3-6-20-39)41-28-27-36-15-9-10-17-38(36)33-41)31-29-45-55(43)68(52)50-25-14-26-51-54(50)59(45)46-30-32-49(44-35-53(65(2)58(62)63)69(51)56(44)46)67(40-21-7-4-8-22-40)47-24-13-18-37-16-11-12-23-42(37)47/h3-35,57-58H,1-2H3. The van der Waals surface area contributed by atoms with Crippen LogP contribution in [0, 0.1) is 0 Å². The Morgan fingerprint density at radius 3 is 1.46 bits per heavy atom. The van der Waals surface area contributed by atoms with Crippen LogP contribution in [-0.4, -0.2) is 43.0 Å². The summed E-state index contributed by atoms with van der Waals surface area (Å²) in [4.78, 5) is 6.44. The van der Waals surface area contributed by atoms with E-state index in [-0.39, 0.29) is 0 Å². The summed E-state index contributed by atoms with van der Waals surface area (Å²) in [6.07, 6.45) is 0. The molecule has 11 aromatic rings. The van der Waals surface area contributed by atoms with Gasteiger partial charge < -0.3 is 19.6 Å². The van der Waals surface area contributed by atoms with Crippen molar-refractivity contribution in [1.29, 1.82) is 0 Å². The molecule has 0 radical (unpaired) electrons. The third kappa shape index (κ3) is 6.05. The second-order valence-electron chi connectivity index (χ2n) is 17.8. The summed E-state index contributed by atoms with van der Waals surface area (Å²) in [6, 6.07) is 67.4. The van der Waals surface area contributed by atoms with Crippen LogP contribution in [-0.2, 0) is 0 Å². The molecular formula is C58H41BF4N6. The van der Waals surface area contributed by atoms with Crippen LogP contribution in [0.3, 0.4) is 0 Å². The number of hydrogen-bond donors (Lipinski definition) is 0. The number of anilines is 8. The fourth-order valence-corrected chi connectivity index (χ4v) is 11.1. The normalized spacial score (nSPS) is 12.4. The highest BCUT2D eigenvalue weighted by atomic mass is 19.3. The lowest BCUT2D eigenvalue weighted by Gasteiger charge is -2.36. The molecule has 0 atom stereocenters. The largest absolute Gasteiger partial charge is 0.316 e. The summed E-state index contributed by atoms with van der Waals surface area (Å²) in [5, 5.41) is 5.88.